The normalized spacial score (nSPS) is 16.1. The number of nitrogens with one attached hydrogen (secondary N) is 2. The van der Waals surface area contributed by atoms with Gasteiger partial charge in [0.15, 0.2) is 0 Å². The SMILES string of the molecule is CC(NC(C)(C)CNC(=O)C(C)C(C)N)c1ccccc1. The average molecular weight is 291 g/mol. The number of benzene rings is 1. The third-order valence-corrected chi connectivity index (χ3v) is 3.81. The van der Waals surface area contributed by atoms with Gasteiger partial charge in [0.05, 0.1) is 0 Å². The number of carbonyl (C=O) groups excluding carboxylic acids is 1. The van der Waals surface area contributed by atoms with Crippen LogP contribution in [0.3, 0.4) is 0 Å². The Balaban J connectivity index is 2.52. The average Bonchev–Trinajstić information content (AvgIpc) is 2.44. The number of carbonyl (C=O) groups is 1. The first-order valence-electron chi connectivity index (χ1n) is 7.59. The lowest BCUT2D eigenvalue weighted by Gasteiger charge is -2.31. The smallest absolute Gasteiger partial charge is 0.224 e. The minimum Gasteiger partial charge on any atom is -0.354 e. The Hall–Kier alpha value is -1.39. The van der Waals surface area contributed by atoms with Crippen LogP contribution >= 0.6 is 0 Å². The van der Waals surface area contributed by atoms with Crippen molar-refractivity contribution >= 4 is 5.91 Å². The van der Waals surface area contributed by atoms with E-state index in [4.69, 9.17) is 5.73 Å². The molecule has 0 bridgehead atoms. The summed E-state index contributed by atoms with van der Waals surface area (Å²) in [6, 6.07) is 10.4. The molecule has 4 nitrogen and oxygen atoms in total. The molecule has 1 rings (SSSR count). The van der Waals surface area contributed by atoms with Gasteiger partial charge in [-0.15, -0.1) is 0 Å². The molecular formula is C17H29N3O. The van der Waals surface area contributed by atoms with Gasteiger partial charge in [0.2, 0.25) is 5.91 Å². The van der Waals surface area contributed by atoms with Crippen LogP contribution in [0.5, 0.6) is 0 Å². The summed E-state index contributed by atoms with van der Waals surface area (Å²) in [4.78, 5) is 12.0. The van der Waals surface area contributed by atoms with E-state index in [0.717, 1.165) is 0 Å². The van der Waals surface area contributed by atoms with Crippen molar-refractivity contribution in [1.82, 2.24) is 10.6 Å². The Morgan fingerprint density at radius 1 is 1.19 bits per heavy atom. The summed E-state index contributed by atoms with van der Waals surface area (Å²) in [5.41, 5.74) is 6.80. The van der Waals surface area contributed by atoms with Crippen molar-refractivity contribution in [3.8, 4) is 0 Å². The van der Waals surface area contributed by atoms with E-state index >= 15 is 0 Å². The van der Waals surface area contributed by atoms with E-state index in [2.05, 4.69) is 43.5 Å². The van der Waals surface area contributed by atoms with E-state index < -0.39 is 0 Å². The minimum atomic E-state index is -0.192. The summed E-state index contributed by atoms with van der Waals surface area (Å²) in [6.07, 6.45) is 0. The lowest BCUT2D eigenvalue weighted by Crippen LogP contribution is -2.51. The molecule has 1 amide bonds. The highest BCUT2D eigenvalue weighted by Crippen LogP contribution is 2.15. The number of rotatable bonds is 7. The van der Waals surface area contributed by atoms with E-state index in [9.17, 15) is 4.79 Å². The highest BCUT2D eigenvalue weighted by molar-refractivity contribution is 5.79. The molecule has 118 valence electrons. The van der Waals surface area contributed by atoms with Gasteiger partial charge in [0.1, 0.15) is 0 Å². The summed E-state index contributed by atoms with van der Waals surface area (Å²) in [5, 5.41) is 6.53. The van der Waals surface area contributed by atoms with Gasteiger partial charge >= 0.3 is 0 Å². The highest BCUT2D eigenvalue weighted by Gasteiger charge is 2.23. The van der Waals surface area contributed by atoms with Crippen LogP contribution in [0.2, 0.25) is 0 Å². The van der Waals surface area contributed by atoms with E-state index in [-0.39, 0.29) is 29.4 Å². The maximum absolute atomic E-state index is 12.0. The maximum atomic E-state index is 12.0. The van der Waals surface area contributed by atoms with Crippen molar-refractivity contribution in [3.05, 3.63) is 35.9 Å². The quantitative estimate of drug-likeness (QED) is 0.721. The molecule has 4 N–H and O–H groups in total. The first-order valence-corrected chi connectivity index (χ1v) is 7.59. The second kappa shape index (κ2) is 7.57. The largest absolute Gasteiger partial charge is 0.354 e. The summed E-state index contributed by atoms with van der Waals surface area (Å²) < 4.78 is 0. The van der Waals surface area contributed by atoms with E-state index in [1.165, 1.54) is 5.56 Å². The van der Waals surface area contributed by atoms with Crippen molar-refractivity contribution in [1.29, 1.82) is 0 Å². The summed E-state index contributed by atoms with van der Waals surface area (Å²) >= 11 is 0. The fraction of sp³-hybridized carbons (Fsp3) is 0.588. The Morgan fingerprint density at radius 3 is 2.29 bits per heavy atom. The topological polar surface area (TPSA) is 67.1 Å². The fourth-order valence-corrected chi connectivity index (χ4v) is 2.17. The van der Waals surface area contributed by atoms with Crippen LogP contribution in [0.15, 0.2) is 30.3 Å². The molecule has 0 heterocycles. The zero-order chi connectivity index (χ0) is 16.0. The zero-order valence-electron chi connectivity index (χ0n) is 13.8. The van der Waals surface area contributed by atoms with E-state index in [1.807, 2.05) is 32.0 Å². The van der Waals surface area contributed by atoms with Gasteiger partial charge in [-0.25, -0.2) is 0 Å². The molecule has 0 aliphatic rings. The van der Waals surface area contributed by atoms with Crippen LogP contribution in [0.1, 0.15) is 46.2 Å². The predicted molar refractivity (Wildman–Crippen MR) is 87.9 cm³/mol. The third-order valence-electron chi connectivity index (χ3n) is 3.81. The van der Waals surface area contributed by atoms with Crippen molar-refractivity contribution < 1.29 is 4.79 Å². The van der Waals surface area contributed by atoms with Crippen molar-refractivity contribution in [2.45, 2.75) is 52.2 Å². The number of hydrogen-bond acceptors (Lipinski definition) is 3. The van der Waals surface area contributed by atoms with Crippen LogP contribution in [0, 0.1) is 5.92 Å². The van der Waals surface area contributed by atoms with Gasteiger partial charge in [0.25, 0.3) is 0 Å². The van der Waals surface area contributed by atoms with Crippen LogP contribution in [-0.2, 0) is 4.79 Å². The second-order valence-corrected chi connectivity index (χ2v) is 6.53. The molecule has 0 spiro atoms. The van der Waals surface area contributed by atoms with Crippen LogP contribution < -0.4 is 16.4 Å². The fourth-order valence-electron chi connectivity index (χ4n) is 2.17. The van der Waals surface area contributed by atoms with Gasteiger partial charge in [-0.1, -0.05) is 37.3 Å². The molecule has 0 saturated heterocycles. The van der Waals surface area contributed by atoms with Gasteiger partial charge in [-0.2, -0.15) is 0 Å². The van der Waals surface area contributed by atoms with Crippen molar-refractivity contribution in [2.75, 3.05) is 6.54 Å². The molecule has 0 saturated carbocycles. The lowest BCUT2D eigenvalue weighted by molar-refractivity contribution is -0.125. The third kappa shape index (κ3) is 5.86. The van der Waals surface area contributed by atoms with E-state index in [1.54, 1.807) is 0 Å². The Morgan fingerprint density at radius 2 is 1.76 bits per heavy atom. The molecule has 0 fully saturated rings. The molecule has 0 radical (unpaired) electrons. The number of amides is 1. The van der Waals surface area contributed by atoms with Gasteiger partial charge in [-0.05, 0) is 33.3 Å². The van der Waals surface area contributed by atoms with Gasteiger partial charge in [0, 0.05) is 30.1 Å². The molecule has 0 aromatic heterocycles. The van der Waals surface area contributed by atoms with Crippen LogP contribution in [0.4, 0.5) is 0 Å². The maximum Gasteiger partial charge on any atom is 0.224 e. The number of nitrogens with two attached hydrogens (primary N) is 1. The Kier molecular flexibility index (Phi) is 6.37. The Bertz CT molecular complexity index is 443. The van der Waals surface area contributed by atoms with Gasteiger partial charge < -0.3 is 16.4 Å². The monoisotopic (exact) mass is 291 g/mol. The highest BCUT2D eigenvalue weighted by atomic mass is 16.1. The minimum absolute atomic E-state index is 0.00670. The van der Waals surface area contributed by atoms with E-state index in [0.29, 0.717) is 6.54 Å². The molecule has 21 heavy (non-hydrogen) atoms. The first kappa shape index (κ1) is 17.7. The lowest BCUT2D eigenvalue weighted by atomic mass is 9.99. The first-order chi connectivity index (χ1) is 9.73. The molecule has 0 aliphatic carbocycles. The summed E-state index contributed by atoms with van der Waals surface area (Å²) in [7, 11) is 0. The molecule has 0 aliphatic heterocycles. The summed E-state index contributed by atoms with van der Waals surface area (Å²) in [5.74, 6) is -0.167. The zero-order valence-corrected chi connectivity index (χ0v) is 13.8. The molecule has 4 heteroatoms. The second-order valence-electron chi connectivity index (χ2n) is 6.53. The molecule has 1 aromatic rings. The molecule has 3 unspecified atom stereocenters. The van der Waals surface area contributed by atoms with Crippen molar-refractivity contribution in [2.24, 2.45) is 11.7 Å². The Labute approximate surface area is 128 Å². The standard InChI is InChI=1S/C17H29N3O/c1-12(13(2)18)16(21)19-11-17(4,5)20-14(3)15-9-7-6-8-10-15/h6-10,12-14,20H,11,18H2,1-5H3,(H,19,21). The summed E-state index contributed by atoms with van der Waals surface area (Å²) in [6.45, 7) is 10.6. The number of hydrogen-bond donors (Lipinski definition) is 3. The van der Waals surface area contributed by atoms with Crippen molar-refractivity contribution in [3.63, 3.8) is 0 Å². The molecule has 1 aromatic carbocycles. The van der Waals surface area contributed by atoms with Crippen LogP contribution in [0.25, 0.3) is 0 Å². The molecule has 3 atom stereocenters. The van der Waals surface area contributed by atoms with Gasteiger partial charge in [-0.3, -0.25) is 4.79 Å². The molecular weight excluding hydrogens is 262 g/mol. The predicted octanol–water partition coefficient (Wildman–Crippen LogP) is 2.22. The van der Waals surface area contributed by atoms with Crippen LogP contribution in [-0.4, -0.2) is 24.0 Å².